The first-order valence-corrected chi connectivity index (χ1v) is 10.2. The van der Waals surface area contributed by atoms with Crippen LogP contribution in [0, 0.1) is 6.92 Å². The van der Waals surface area contributed by atoms with Crippen molar-refractivity contribution in [2.24, 2.45) is 0 Å². The quantitative estimate of drug-likeness (QED) is 0.587. The number of benzene rings is 2. The van der Waals surface area contributed by atoms with Crippen molar-refractivity contribution in [2.75, 3.05) is 20.8 Å². The number of amides is 1. The molecule has 1 amide bonds. The van der Waals surface area contributed by atoms with Crippen LogP contribution in [-0.4, -0.2) is 26.7 Å². The molecule has 3 aromatic rings. The molecule has 1 aromatic heterocycles. The standard InChI is InChI=1S/C24H25NO6/c1-14-9-20(23-16-5-4-6-17(16)24(27)31-21(23)10-14)30-13-22(26)25-12-15-7-8-18(28-2)19(11-15)29-3/h7-11H,4-6,12-13H2,1-3H3,(H,25,26). The van der Waals surface area contributed by atoms with Gasteiger partial charge in [-0.3, -0.25) is 4.79 Å². The molecule has 7 nitrogen and oxygen atoms in total. The van der Waals surface area contributed by atoms with Crippen molar-refractivity contribution in [2.45, 2.75) is 32.7 Å². The van der Waals surface area contributed by atoms with E-state index in [2.05, 4.69) is 5.32 Å². The van der Waals surface area contributed by atoms with E-state index in [1.54, 1.807) is 20.3 Å². The molecule has 0 fully saturated rings. The van der Waals surface area contributed by atoms with E-state index in [0.29, 0.717) is 35.8 Å². The Kier molecular flexibility index (Phi) is 5.84. The molecule has 0 bridgehead atoms. The summed E-state index contributed by atoms with van der Waals surface area (Å²) in [6.45, 7) is 2.10. The number of ether oxygens (including phenoxy) is 3. The monoisotopic (exact) mass is 423 g/mol. The molecule has 7 heteroatoms. The predicted molar refractivity (Wildman–Crippen MR) is 116 cm³/mol. The lowest BCUT2D eigenvalue weighted by atomic mass is 10.0. The minimum absolute atomic E-state index is 0.139. The van der Waals surface area contributed by atoms with Gasteiger partial charge in [-0.05, 0) is 67.1 Å². The molecule has 2 aromatic carbocycles. The molecule has 1 aliphatic rings. The third kappa shape index (κ3) is 4.21. The number of carbonyl (C=O) groups excluding carboxylic acids is 1. The molecule has 1 N–H and O–H groups in total. The largest absolute Gasteiger partial charge is 0.493 e. The van der Waals surface area contributed by atoms with Crippen molar-refractivity contribution in [1.29, 1.82) is 0 Å². The van der Waals surface area contributed by atoms with Crippen LogP contribution in [-0.2, 0) is 24.2 Å². The highest BCUT2D eigenvalue weighted by molar-refractivity contribution is 5.89. The van der Waals surface area contributed by atoms with Crippen LogP contribution < -0.4 is 25.2 Å². The Bertz CT molecular complexity index is 1200. The molecule has 1 aliphatic carbocycles. The van der Waals surface area contributed by atoms with Gasteiger partial charge in [-0.2, -0.15) is 0 Å². The third-order valence-electron chi connectivity index (χ3n) is 5.48. The van der Waals surface area contributed by atoms with E-state index in [9.17, 15) is 9.59 Å². The van der Waals surface area contributed by atoms with Gasteiger partial charge in [0.2, 0.25) is 0 Å². The van der Waals surface area contributed by atoms with E-state index in [0.717, 1.165) is 40.5 Å². The van der Waals surface area contributed by atoms with E-state index in [-0.39, 0.29) is 18.1 Å². The smallest absolute Gasteiger partial charge is 0.339 e. The Hall–Kier alpha value is -3.48. The minimum Gasteiger partial charge on any atom is -0.493 e. The lowest BCUT2D eigenvalue weighted by Gasteiger charge is -2.13. The highest BCUT2D eigenvalue weighted by Crippen LogP contribution is 2.35. The average molecular weight is 423 g/mol. The van der Waals surface area contributed by atoms with Gasteiger partial charge >= 0.3 is 5.63 Å². The number of hydrogen-bond donors (Lipinski definition) is 1. The summed E-state index contributed by atoms with van der Waals surface area (Å²) in [5.41, 5.74) is 3.71. The zero-order chi connectivity index (χ0) is 22.0. The number of methoxy groups -OCH3 is 2. The topological polar surface area (TPSA) is 87.0 Å². The summed E-state index contributed by atoms with van der Waals surface area (Å²) < 4.78 is 21.9. The fourth-order valence-electron chi connectivity index (χ4n) is 4.00. The zero-order valence-electron chi connectivity index (χ0n) is 17.9. The van der Waals surface area contributed by atoms with Gasteiger partial charge in [0, 0.05) is 12.1 Å². The molecular formula is C24H25NO6. The fraction of sp³-hybridized carbons (Fsp3) is 0.333. The molecule has 31 heavy (non-hydrogen) atoms. The molecule has 0 radical (unpaired) electrons. The summed E-state index contributed by atoms with van der Waals surface area (Å²) in [5.74, 6) is 1.55. The van der Waals surface area contributed by atoms with Crippen molar-refractivity contribution in [3.63, 3.8) is 0 Å². The Balaban J connectivity index is 1.48. The highest BCUT2D eigenvalue weighted by atomic mass is 16.5. The first kappa shape index (κ1) is 20.8. The van der Waals surface area contributed by atoms with Crippen molar-refractivity contribution in [1.82, 2.24) is 5.32 Å². The van der Waals surface area contributed by atoms with Gasteiger partial charge in [0.05, 0.1) is 19.6 Å². The molecule has 162 valence electrons. The maximum atomic E-state index is 12.4. The summed E-state index contributed by atoms with van der Waals surface area (Å²) >= 11 is 0. The Morgan fingerprint density at radius 1 is 1.03 bits per heavy atom. The maximum Gasteiger partial charge on any atom is 0.339 e. The van der Waals surface area contributed by atoms with Gasteiger partial charge in [-0.25, -0.2) is 4.79 Å². The zero-order valence-corrected chi connectivity index (χ0v) is 17.9. The summed E-state index contributed by atoms with van der Waals surface area (Å²) in [6, 6.07) is 9.19. The predicted octanol–water partition coefficient (Wildman–Crippen LogP) is 3.30. The van der Waals surface area contributed by atoms with E-state index < -0.39 is 0 Å². The molecule has 0 saturated heterocycles. The van der Waals surface area contributed by atoms with E-state index in [1.807, 2.05) is 31.2 Å². The number of hydrogen-bond acceptors (Lipinski definition) is 6. The van der Waals surface area contributed by atoms with Crippen LogP contribution in [0.5, 0.6) is 17.2 Å². The molecule has 0 spiro atoms. The number of carbonyl (C=O) groups is 1. The van der Waals surface area contributed by atoms with Gasteiger partial charge in [0.15, 0.2) is 18.1 Å². The molecule has 1 heterocycles. The maximum absolute atomic E-state index is 12.4. The first-order chi connectivity index (χ1) is 15.0. The summed E-state index contributed by atoms with van der Waals surface area (Å²) in [7, 11) is 3.14. The van der Waals surface area contributed by atoms with Gasteiger partial charge in [0.25, 0.3) is 5.91 Å². The van der Waals surface area contributed by atoms with Crippen LogP contribution in [0.2, 0.25) is 0 Å². The summed E-state index contributed by atoms with van der Waals surface area (Å²) in [6.07, 6.45) is 2.44. The number of nitrogens with one attached hydrogen (secondary N) is 1. The van der Waals surface area contributed by atoms with Gasteiger partial charge in [-0.1, -0.05) is 6.07 Å². The highest BCUT2D eigenvalue weighted by Gasteiger charge is 2.22. The molecule has 0 unspecified atom stereocenters. The Labute approximate surface area is 179 Å². The molecular weight excluding hydrogens is 398 g/mol. The second-order valence-electron chi connectivity index (χ2n) is 7.59. The van der Waals surface area contributed by atoms with Crippen molar-refractivity contribution in [3.8, 4) is 17.2 Å². The van der Waals surface area contributed by atoms with Crippen LogP contribution in [0.25, 0.3) is 11.0 Å². The van der Waals surface area contributed by atoms with Gasteiger partial charge in [0.1, 0.15) is 11.3 Å². The average Bonchev–Trinajstić information content (AvgIpc) is 3.26. The summed E-state index contributed by atoms with van der Waals surface area (Å²) in [4.78, 5) is 24.6. The lowest BCUT2D eigenvalue weighted by molar-refractivity contribution is -0.123. The normalized spacial score (nSPS) is 12.5. The Morgan fingerprint density at radius 2 is 1.81 bits per heavy atom. The van der Waals surface area contributed by atoms with Crippen LogP contribution in [0.1, 0.15) is 28.7 Å². The van der Waals surface area contributed by atoms with E-state index >= 15 is 0 Å². The second kappa shape index (κ2) is 8.71. The van der Waals surface area contributed by atoms with Crippen molar-refractivity contribution in [3.05, 3.63) is 63.0 Å². The number of fused-ring (bicyclic) bond motifs is 3. The second-order valence-corrected chi connectivity index (χ2v) is 7.59. The van der Waals surface area contributed by atoms with E-state index in [4.69, 9.17) is 18.6 Å². The molecule has 4 rings (SSSR count). The molecule has 0 aliphatic heterocycles. The van der Waals surface area contributed by atoms with Gasteiger partial charge in [-0.15, -0.1) is 0 Å². The molecule has 0 saturated carbocycles. The van der Waals surface area contributed by atoms with Gasteiger partial charge < -0.3 is 23.9 Å². The van der Waals surface area contributed by atoms with E-state index in [1.165, 1.54) is 0 Å². The number of rotatable bonds is 7. The summed E-state index contributed by atoms with van der Waals surface area (Å²) in [5, 5.41) is 3.65. The van der Waals surface area contributed by atoms with Crippen LogP contribution >= 0.6 is 0 Å². The van der Waals surface area contributed by atoms with Crippen LogP contribution in [0.3, 0.4) is 0 Å². The third-order valence-corrected chi connectivity index (χ3v) is 5.48. The van der Waals surface area contributed by atoms with Crippen LogP contribution in [0.4, 0.5) is 0 Å². The SMILES string of the molecule is COc1ccc(CNC(=O)COc2cc(C)cc3oc(=O)c4c(c23)CCC4)cc1OC. The van der Waals surface area contributed by atoms with Crippen LogP contribution in [0.15, 0.2) is 39.5 Å². The minimum atomic E-state index is -0.274. The first-order valence-electron chi connectivity index (χ1n) is 10.2. The molecule has 0 atom stereocenters. The Morgan fingerprint density at radius 3 is 2.58 bits per heavy atom. The number of aryl methyl sites for hydroxylation is 2. The lowest BCUT2D eigenvalue weighted by Crippen LogP contribution is -2.28. The van der Waals surface area contributed by atoms with Crippen molar-refractivity contribution >= 4 is 16.9 Å². The van der Waals surface area contributed by atoms with Crippen molar-refractivity contribution < 1.29 is 23.4 Å². The fourth-order valence-corrected chi connectivity index (χ4v) is 4.00.